The molecule has 0 fully saturated rings. The van der Waals surface area contributed by atoms with E-state index in [1.807, 2.05) is 109 Å². The maximum Gasteiger partial charge on any atom is 0.302 e. The van der Waals surface area contributed by atoms with E-state index >= 15 is 0 Å². The number of nitrogens with zero attached hydrogens (tertiary/aromatic N) is 3. The van der Waals surface area contributed by atoms with Gasteiger partial charge < -0.3 is 19.1 Å². The highest BCUT2D eigenvalue weighted by molar-refractivity contribution is 5.95. The van der Waals surface area contributed by atoms with Crippen molar-refractivity contribution in [3.05, 3.63) is 109 Å². The zero-order valence-corrected chi connectivity index (χ0v) is 21.0. The molecule has 1 heterocycles. The van der Waals surface area contributed by atoms with Gasteiger partial charge in [0.05, 0.1) is 12.1 Å². The quantitative estimate of drug-likeness (QED) is 0.214. The second-order valence-electron chi connectivity index (χ2n) is 9.06. The lowest BCUT2D eigenvalue weighted by molar-refractivity contribution is -0.120. The molecule has 0 saturated heterocycles. The van der Waals surface area contributed by atoms with E-state index in [1.54, 1.807) is 4.57 Å². The van der Waals surface area contributed by atoms with Gasteiger partial charge >= 0.3 is 5.91 Å². The number of rotatable bonds is 8. The van der Waals surface area contributed by atoms with E-state index in [4.69, 9.17) is 9.47 Å². The number of aromatic nitrogens is 1. The number of carbonyl (C=O) groups excluding carboxylic acids is 1. The number of fused-ring (bicyclic) bond motifs is 3. The van der Waals surface area contributed by atoms with Gasteiger partial charge in [0, 0.05) is 10.8 Å². The van der Waals surface area contributed by atoms with Crippen molar-refractivity contribution in [2.24, 2.45) is 10.2 Å². The van der Waals surface area contributed by atoms with Crippen LogP contribution in [-0.2, 0) is 11.3 Å². The van der Waals surface area contributed by atoms with Gasteiger partial charge in [0.25, 0.3) is 0 Å². The molecule has 7 heteroatoms. The molecule has 0 aliphatic heterocycles. The lowest BCUT2D eigenvalue weighted by Crippen LogP contribution is -2.08. The van der Waals surface area contributed by atoms with Gasteiger partial charge in [-0.3, -0.25) is 4.79 Å². The van der Waals surface area contributed by atoms with Gasteiger partial charge in [-0.2, -0.15) is 0 Å². The van der Waals surface area contributed by atoms with Crippen LogP contribution in [0.25, 0.3) is 32.4 Å². The second-order valence-corrected chi connectivity index (χ2v) is 9.06. The third-order valence-corrected chi connectivity index (χ3v) is 6.58. The van der Waals surface area contributed by atoms with Crippen LogP contribution in [0, 0.1) is 0 Å². The molecule has 7 nitrogen and oxygen atoms in total. The Morgan fingerprint density at radius 3 is 2.33 bits per heavy atom. The lowest BCUT2D eigenvalue weighted by Gasteiger charge is -2.11. The Kier molecular flexibility index (Phi) is 6.62. The highest BCUT2D eigenvalue weighted by Crippen LogP contribution is 2.39. The smallest absolute Gasteiger partial charge is 0.302 e. The van der Waals surface area contributed by atoms with Crippen LogP contribution in [0.3, 0.4) is 0 Å². The van der Waals surface area contributed by atoms with Gasteiger partial charge in [-0.05, 0) is 40.4 Å². The Morgan fingerprint density at radius 2 is 1.46 bits per heavy atom. The summed E-state index contributed by atoms with van der Waals surface area (Å²) < 4.78 is 13.4. The minimum atomic E-state index is -0.557. The molecule has 6 aromatic rings. The number of amides is 1. The summed E-state index contributed by atoms with van der Waals surface area (Å²) in [5.41, 5.74) is 1.00. The highest BCUT2D eigenvalue weighted by atomic mass is 16.5. The third-order valence-electron chi connectivity index (χ3n) is 6.58. The average molecular weight is 516 g/mol. The Balaban J connectivity index is 1.16. The van der Waals surface area contributed by atoms with Gasteiger partial charge in [0.1, 0.15) is 18.1 Å². The van der Waals surface area contributed by atoms with E-state index in [-0.39, 0.29) is 18.2 Å². The summed E-state index contributed by atoms with van der Waals surface area (Å²) in [6, 6.07) is 34.9. The Labute approximate surface area is 224 Å². The van der Waals surface area contributed by atoms with Crippen LogP contribution >= 0.6 is 0 Å². The lowest BCUT2D eigenvalue weighted by atomic mass is 10.1. The van der Waals surface area contributed by atoms with E-state index < -0.39 is 5.91 Å². The average Bonchev–Trinajstić information content (AvgIpc) is 3.25. The first-order valence-corrected chi connectivity index (χ1v) is 12.6. The summed E-state index contributed by atoms with van der Waals surface area (Å²) in [5, 5.41) is 23.9. The predicted molar refractivity (Wildman–Crippen MR) is 152 cm³/mol. The molecule has 6 rings (SSSR count). The van der Waals surface area contributed by atoms with Crippen LogP contribution in [0.1, 0.15) is 0 Å². The van der Waals surface area contributed by atoms with E-state index in [1.165, 1.54) is 0 Å². The van der Waals surface area contributed by atoms with Crippen molar-refractivity contribution in [3.63, 3.8) is 0 Å². The normalized spacial score (nSPS) is 11.5. The summed E-state index contributed by atoms with van der Waals surface area (Å²) >= 11 is 0. The number of aromatic hydroxyl groups is 1. The van der Waals surface area contributed by atoms with Crippen LogP contribution in [0.15, 0.2) is 119 Å². The molecule has 1 N–H and O–H groups in total. The number of benzene rings is 5. The summed E-state index contributed by atoms with van der Waals surface area (Å²) in [6.07, 6.45) is 0. The van der Waals surface area contributed by atoms with Gasteiger partial charge in [-0.1, -0.05) is 84.9 Å². The van der Waals surface area contributed by atoms with Gasteiger partial charge in [-0.15, -0.1) is 10.2 Å². The van der Waals surface area contributed by atoms with Crippen molar-refractivity contribution in [2.45, 2.75) is 6.54 Å². The Bertz CT molecular complexity index is 1840. The number of ether oxygens (including phenoxy) is 2. The standard InChI is InChI=1S/C32H25N3O4/c36-30(21-39-25-17-16-22-8-1-2-10-24(22)20-25)33-34-31-27-13-5-6-14-28(27)35(32(31)37)18-19-38-29-15-7-11-23-9-3-4-12-26(23)29/h1-17,20,37H,18-19,21H2. The maximum absolute atomic E-state index is 12.4. The van der Waals surface area contributed by atoms with Crippen LogP contribution in [0.5, 0.6) is 17.4 Å². The largest absolute Gasteiger partial charge is 0.493 e. The molecule has 192 valence electrons. The first-order valence-electron chi connectivity index (χ1n) is 12.6. The Hall–Kier alpha value is -5.17. The van der Waals surface area contributed by atoms with Crippen LogP contribution in [0.2, 0.25) is 0 Å². The molecule has 0 atom stereocenters. The summed E-state index contributed by atoms with van der Waals surface area (Å²) in [7, 11) is 0. The van der Waals surface area contributed by atoms with Crippen molar-refractivity contribution >= 4 is 44.0 Å². The zero-order valence-electron chi connectivity index (χ0n) is 21.0. The van der Waals surface area contributed by atoms with E-state index in [2.05, 4.69) is 10.2 Å². The minimum Gasteiger partial charge on any atom is -0.493 e. The van der Waals surface area contributed by atoms with Gasteiger partial charge in [0.2, 0.25) is 5.88 Å². The van der Waals surface area contributed by atoms with Crippen molar-refractivity contribution in [1.29, 1.82) is 0 Å². The molecule has 39 heavy (non-hydrogen) atoms. The van der Waals surface area contributed by atoms with Gasteiger partial charge in [-0.25, -0.2) is 0 Å². The molecule has 0 aliphatic rings. The number of hydrogen-bond acceptors (Lipinski definition) is 5. The van der Waals surface area contributed by atoms with Gasteiger partial charge in [0.15, 0.2) is 12.3 Å². The van der Waals surface area contributed by atoms with Crippen LogP contribution in [0.4, 0.5) is 5.69 Å². The van der Waals surface area contributed by atoms with Crippen LogP contribution in [-0.4, -0.2) is 28.8 Å². The number of hydrogen-bond donors (Lipinski definition) is 1. The molecule has 0 bridgehead atoms. The molecule has 5 aromatic carbocycles. The van der Waals surface area contributed by atoms with Crippen molar-refractivity contribution < 1.29 is 19.4 Å². The Morgan fingerprint density at radius 1 is 0.744 bits per heavy atom. The zero-order chi connectivity index (χ0) is 26.6. The topological polar surface area (TPSA) is 85.4 Å². The molecular weight excluding hydrogens is 490 g/mol. The van der Waals surface area contributed by atoms with Crippen molar-refractivity contribution in [2.75, 3.05) is 13.2 Å². The first-order chi connectivity index (χ1) is 19.2. The number of azo groups is 1. The molecule has 0 radical (unpaired) electrons. The molecule has 0 spiro atoms. The fourth-order valence-electron chi connectivity index (χ4n) is 4.70. The predicted octanol–water partition coefficient (Wildman–Crippen LogP) is 7.42. The molecule has 0 saturated carbocycles. The summed E-state index contributed by atoms with van der Waals surface area (Å²) in [5.74, 6) is 0.715. The minimum absolute atomic E-state index is 0.0790. The van der Waals surface area contributed by atoms with E-state index in [9.17, 15) is 9.90 Å². The third kappa shape index (κ3) is 5.02. The second kappa shape index (κ2) is 10.7. The molecular formula is C32H25N3O4. The van der Waals surface area contributed by atoms with Crippen LogP contribution < -0.4 is 9.47 Å². The molecule has 1 aromatic heterocycles. The SMILES string of the molecule is O=C(COc1ccc2ccccc2c1)N=Nc1c(O)n(CCOc2cccc3ccccc23)c2ccccc12. The number of para-hydroxylation sites is 1. The fraction of sp³-hybridized carbons (Fsp3) is 0.0938. The van der Waals surface area contributed by atoms with E-state index in [0.717, 1.165) is 32.8 Å². The molecule has 0 unspecified atom stereocenters. The first kappa shape index (κ1) is 24.2. The molecule has 0 aliphatic carbocycles. The monoisotopic (exact) mass is 515 g/mol. The summed E-state index contributed by atoms with van der Waals surface area (Å²) in [4.78, 5) is 12.4. The molecule has 1 amide bonds. The maximum atomic E-state index is 12.4. The highest BCUT2D eigenvalue weighted by Gasteiger charge is 2.17. The fourth-order valence-corrected chi connectivity index (χ4v) is 4.70. The van der Waals surface area contributed by atoms with E-state index in [0.29, 0.717) is 24.3 Å². The van der Waals surface area contributed by atoms with Crippen molar-refractivity contribution in [1.82, 2.24) is 4.57 Å². The number of carbonyl (C=O) groups is 1. The summed E-state index contributed by atoms with van der Waals surface area (Å²) in [6.45, 7) is 0.444. The van der Waals surface area contributed by atoms with Crippen molar-refractivity contribution in [3.8, 4) is 17.4 Å².